The molecule has 0 aliphatic rings. The van der Waals surface area contributed by atoms with E-state index in [4.69, 9.17) is 16.3 Å². The van der Waals surface area contributed by atoms with Gasteiger partial charge in [0.05, 0.1) is 0 Å². The van der Waals surface area contributed by atoms with Crippen LogP contribution in [0.15, 0.2) is 60.7 Å². The zero-order valence-electron chi connectivity index (χ0n) is 10.5. The Kier molecular flexibility index (Phi) is 4.03. The summed E-state index contributed by atoms with van der Waals surface area (Å²) in [6.07, 6.45) is 0. The van der Waals surface area contributed by atoms with Crippen molar-refractivity contribution in [1.29, 1.82) is 0 Å². The number of para-hydroxylation sites is 1. The molecule has 0 spiro atoms. The van der Waals surface area contributed by atoms with Gasteiger partial charge in [0.15, 0.2) is 0 Å². The van der Waals surface area contributed by atoms with Crippen molar-refractivity contribution in [2.75, 3.05) is 0 Å². The quantitative estimate of drug-likeness (QED) is 0.467. The van der Waals surface area contributed by atoms with Gasteiger partial charge in [0.25, 0.3) is 0 Å². The first-order chi connectivity index (χ1) is 9.08. The van der Waals surface area contributed by atoms with Crippen LogP contribution >= 0.6 is 11.6 Å². The zero-order valence-corrected chi connectivity index (χ0v) is 11.3. The van der Waals surface area contributed by atoms with Gasteiger partial charge in [0.2, 0.25) is 0 Å². The van der Waals surface area contributed by atoms with E-state index in [-0.39, 0.29) is 0 Å². The summed E-state index contributed by atoms with van der Waals surface area (Å²) in [5, 5.41) is 0.667. The van der Waals surface area contributed by atoms with Crippen LogP contribution in [0.3, 0.4) is 0 Å². The van der Waals surface area contributed by atoms with E-state index in [1.807, 2.05) is 30.3 Å². The van der Waals surface area contributed by atoms with Crippen LogP contribution in [-0.4, -0.2) is 5.97 Å². The molecule has 0 saturated heterocycles. The second-order valence-electron chi connectivity index (χ2n) is 4.17. The summed E-state index contributed by atoms with van der Waals surface area (Å²) < 4.78 is 5.32. The van der Waals surface area contributed by atoms with E-state index in [0.29, 0.717) is 16.3 Å². The Hall–Kier alpha value is -2.06. The molecule has 3 heteroatoms. The molecule has 0 N–H and O–H groups in total. The molecular formula is C16H13ClO2. The van der Waals surface area contributed by atoms with Gasteiger partial charge < -0.3 is 4.74 Å². The van der Waals surface area contributed by atoms with Crippen LogP contribution < -0.4 is 4.74 Å². The Morgan fingerprint density at radius 3 is 2.37 bits per heavy atom. The molecular weight excluding hydrogens is 260 g/mol. The lowest BCUT2D eigenvalue weighted by molar-refractivity contribution is -0.130. The van der Waals surface area contributed by atoms with Gasteiger partial charge in [-0.15, -0.1) is 0 Å². The number of ether oxygens (including phenoxy) is 1. The molecule has 0 heterocycles. The van der Waals surface area contributed by atoms with Gasteiger partial charge in [-0.05, 0) is 30.7 Å². The minimum atomic E-state index is -0.429. The second-order valence-corrected chi connectivity index (χ2v) is 4.61. The van der Waals surface area contributed by atoms with E-state index in [0.717, 1.165) is 11.1 Å². The maximum atomic E-state index is 11.6. The highest BCUT2D eigenvalue weighted by atomic mass is 35.5. The van der Waals surface area contributed by atoms with Crippen molar-refractivity contribution in [3.63, 3.8) is 0 Å². The number of hydrogen-bond donors (Lipinski definition) is 0. The first-order valence-electron chi connectivity index (χ1n) is 5.80. The van der Waals surface area contributed by atoms with Crippen LogP contribution in [0.1, 0.15) is 6.92 Å². The fourth-order valence-corrected chi connectivity index (χ4v) is 1.74. The summed E-state index contributed by atoms with van der Waals surface area (Å²) in [7, 11) is 0. The van der Waals surface area contributed by atoms with Crippen LogP contribution in [0, 0.1) is 0 Å². The van der Waals surface area contributed by atoms with Crippen LogP contribution in [0.25, 0.3) is 11.1 Å². The van der Waals surface area contributed by atoms with E-state index in [1.165, 1.54) is 0 Å². The number of rotatable bonds is 3. The third kappa shape index (κ3) is 3.24. The molecule has 0 aliphatic heterocycles. The lowest BCUT2D eigenvalue weighted by Crippen LogP contribution is -2.08. The van der Waals surface area contributed by atoms with Crippen molar-refractivity contribution < 1.29 is 9.53 Å². The number of benzene rings is 2. The summed E-state index contributed by atoms with van der Waals surface area (Å²) >= 11 is 5.87. The average molecular weight is 273 g/mol. The predicted molar refractivity (Wildman–Crippen MR) is 77.3 cm³/mol. The molecule has 96 valence electrons. The number of hydrogen-bond acceptors (Lipinski definition) is 2. The van der Waals surface area contributed by atoms with Gasteiger partial charge in [0, 0.05) is 16.2 Å². The largest absolute Gasteiger partial charge is 0.423 e. The summed E-state index contributed by atoms with van der Waals surface area (Å²) in [4.78, 5) is 11.6. The van der Waals surface area contributed by atoms with Crippen LogP contribution in [0.2, 0.25) is 5.02 Å². The predicted octanol–water partition coefficient (Wildman–Crippen LogP) is 4.49. The van der Waals surface area contributed by atoms with Crippen molar-refractivity contribution in [2.45, 2.75) is 6.92 Å². The fourth-order valence-electron chi connectivity index (χ4n) is 1.61. The Balaban J connectivity index is 2.38. The first kappa shape index (κ1) is 13.4. The zero-order chi connectivity index (χ0) is 13.8. The molecule has 0 unspecified atom stereocenters. The minimum absolute atomic E-state index is 0.367. The van der Waals surface area contributed by atoms with Gasteiger partial charge in [-0.1, -0.05) is 48.5 Å². The topological polar surface area (TPSA) is 26.3 Å². The van der Waals surface area contributed by atoms with Crippen LogP contribution in [0.4, 0.5) is 0 Å². The number of esters is 1. The number of carbonyl (C=O) groups excluding carboxylic acids is 1. The van der Waals surface area contributed by atoms with Crippen LogP contribution in [0.5, 0.6) is 5.75 Å². The maximum Gasteiger partial charge on any atom is 0.338 e. The van der Waals surface area contributed by atoms with Crippen molar-refractivity contribution in [1.82, 2.24) is 0 Å². The normalized spacial score (nSPS) is 10.0. The van der Waals surface area contributed by atoms with E-state index >= 15 is 0 Å². The molecule has 0 aromatic heterocycles. The monoisotopic (exact) mass is 272 g/mol. The second kappa shape index (κ2) is 5.72. The molecule has 0 aliphatic carbocycles. The Morgan fingerprint density at radius 1 is 1.11 bits per heavy atom. The third-order valence-electron chi connectivity index (χ3n) is 2.59. The first-order valence-corrected chi connectivity index (χ1v) is 6.18. The van der Waals surface area contributed by atoms with Gasteiger partial charge in [-0.25, -0.2) is 4.79 Å². The summed E-state index contributed by atoms with van der Waals surface area (Å²) in [5.74, 6) is 0.0826. The lowest BCUT2D eigenvalue weighted by Gasteiger charge is -2.10. The average Bonchev–Trinajstić information content (AvgIpc) is 2.40. The SMILES string of the molecule is C=C(C)C(=O)Oc1ccccc1-c1ccc(Cl)cc1. The van der Waals surface area contributed by atoms with Gasteiger partial charge in [-0.3, -0.25) is 0 Å². The van der Waals surface area contributed by atoms with E-state index in [1.54, 1.807) is 25.1 Å². The molecule has 2 aromatic rings. The Bertz CT molecular complexity index is 615. The smallest absolute Gasteiger partial charge is 0.338 e. The highest BCUT2D eigenvalue weighted by Gasteiger charge is 2.10. The molecule has 19 heavy (non-hydrogen) atoms. The maximum absolute atomic E-state index is 11.6. The van der Waals surface area contributed by atoms with Crippen molar-refractivity contribution in [3.8, 4) is 16.9 Å². The highest BCUT2D eigenvalue weighted by Crippen LogP contribution is 2.30. The molecule has 0 bridgehead atoms. The van der Waals surface area contributed by atoms with Gasteiger partial charge >= 0.3 is 5.97 Å². The summed E-state index contributed by atoms with van der Waals surface area (Å²) in [5.41, 5.74) is 2.15. The third-order valence-corrected chi connectivity index (χ3v) is 2.85. The molecule has 2 aromatic carbocycles. The Morgan fingerprint density at radius 2 is 1.74 bits per heavy atom. The van der Waals surface area contributed by atoms with Gasteiger partial charge in [-0.2, -0.15) is 0 Å². The lowest BCUT2D eigenvalue weighted by atomic mass is 10.0. The Labute approximate surface area is 117 Å². The number of carbonyl (C=O) groups is 1. The summed E-state index contributed by atoms with van der Waals surface area (Å²) in [6.45, 7) is 5.19. The van der Waals surface area contributed by atoms with Crippen molar-refractivity contribution in [2.24, 2.45) is 0 Å². The van der Waals surface area contributed by atoms with Crippen LogP contribution in [-0.2, 0) is 4.79 Å². The molecule has 0 atom stereocenters. The van der Waals surface area contributed by atoms with E-state index in [9.17, 15) is 4.79 Å². The molecule has 2 nitrogen and oxygen atoms in total. The summed E-state index contributed by atoms with van der Waals surface area (Å²) in [6, 6.07) is 14.7. The van der Waals surface area contributed by atoms with Crippen molar-refractivity contribution in [3.05, 3.63) is 65.7 Å². The molecule has 0 saturated carbocycles. The fraction of sp³-hybridized carbons (Fsp3) is 0.0625. The highest BCUT2D eigenvalue weighted by molar-refractivity contribution is 6.30. The molecule has 2 rings (SSSR count). The standard InChI is InChI=1S/C16H13ClO2/c1-11(2)16(18)19-15-6-4-3-5-14(15)12-7-9-13(17)10-8-12/h3-10H,1H2,2H3. The molecule has 0 radical (unpaired) electrons. The van der Waals surface area contributed by atoms with Crippen molar-refractivity contribution >= 4 is 17.6 Å². The minimum Gasteiger partial charge on any atom is -0.423 e. The van der Waals surface area contributed by atoms with E-state index < -0.39 is 5.97 Å². The van der Waals surface area contributed by atoms with Gasteiger partial charge in [0.1, 0.15) is 5.75 Å². The van der Waals surface area contributed by atoms with E-state index in [2.05, 4.69) is 6.58 Å². The number of halogens is 1. The molecule has 0 amide bonds. The molecule has 0 fully saturated rings.